The Labute approximate surface area is 99.9 Å². The van der Waals surface area contributed by atoms with Gasteiger partial charge in [0.1, 0.15) is 17.5 Å². The molecular formula is C12H15N3O2. The Bertz CT molecular complexity index is 420. The Morgan fingerprint density at radius 2 is 2.18 bits per heavy atom. The molecule has 0 bridgehead atoms. The fourth-order valence-corrected chi connectivity index (χ4v) is 2.30. The van der Waals surface area contributed by atoms with Gasteiger partial charge >= 0.3 is 0 Å². The number of benzene rings is 1. The van der Waals surface area contributed by atoms with Crippen molar-refractivity contribution >= 4 is 5.69 Å². The Morgan fingerprint density at radius 3 is 2.88 bits per heavy atom. The summed E-state index contributed by atoms with van der Waals surface area (Å²) in [4.78, 5) is 13.2. The van der Waals surface area contributed by atoms with Crippen LogP contribution < -0.4 is 9.75 Å². The third kappa shape index (κ3) is 1.98. The predicted molar refractivity (Wildman–Crippen MR) is 65.1 cm³/mol. The molecule has 1 fully saturated rings. The number of nitrogens with zero attached hydrogens (tertiary/aromatic N) is 3. The van der Waals surface area contributed by atoms with Crippen LogP contribution in [0.2, 0.25) is 0 Å². The molecule has 1 unspecified atom stereocenters. The van der Waals surface area contributed by atoms with Crippen LogP contribution in [0.4, 0.5) is 5.69 Å². The van der Waals surface area contributed by atoms with Crippen molar-refractivity contribution in [1.82, 2.24) is 4.90 Å². The second-order valence-corrected chi connectivity index (χ2v) is 4.53. The van der Waals surface area contributed by atoms with Gasteiger partial charge in [-0.25, -0.2) is 5.01 Å². The standard InChI is InChI=1S/C12H15N3O2/c16-13-15-9-10(8-14-6-3-7-14)17-12-5-2-1-4-11(12)15/h1-2,4-5,10H,3,6-9H2. The Kier molecular flexibility index (Phi) is 2.68. The zero-order chi connectivity index (χ0) is 11.7. The van der Waals surface area contributed by atoms with Gasteiger partial charge in [-0.1, -0.05) is 12.1 Å². The molecule has 2 aliphatic heterocycles. The molecule has 90 valence electrons. The molecule has 0 saturated carbocycles. The van der Waals surface area contributed by atoms with Crippen molar-refractivity contribution in [3.63, 3.8) is 0 Å². The van der Waals surface area contributed by atoms with Crippen LogP contribution in [0.5, 0.6) is 5.75 Å². The molecule has 1 saturated heterocycles. The first-order valence-corrected chi connectivity index (χ1v) is 5.95. The van der Waals surface area contributed by atoms with Gasteiger partial charge in [-0.3, -0.25) is 4.90 Å². The van der Waals surface area contributed by atoms with E-state index in [2.05, 4.69) is 10.2 Å². The SMILES string of the molecule is O=NN1CC(CN2CCC2)Oc2ccccc21. The van der Waals surface area contributed by atoms with Crippen LogP contribution in [0.3, 0.4) is 0 Å². The van der Waals surface area contributed by atoms with E-state index >= 15 is 0 Å². The zero-order valence-electron chi connectivity index (χ0n) is 9.58. The van der Waals surface area contributed by atoms with Crippen molar-refractivity contribution in [2.24, 2.45) is 5.29 Å². The highest BCUT2D eigenvalue weighted by molar-refractivity contribution is 5.59. The van der Waals surface area contributed by atoms with E-state index in [1.807, 2.05) is 24.3 Å². The highest BCUT2D eigenvalue weighted by atomic mass is 16.5. The van der Waals surface area contributed by atoms with E-state index in [0.717, 1.165) is 31.1 Å². The topological polar surface area (TPSA) is 45.1 Å². The third-order valence-electron chi connectivity index (χ3n) is 3.32. The normalized spacial score (nSPS) is 23.5. The summed E-state index contributed by atoms with van der Waals surface area (Å²) >= 11 is 0. The van der Waals surface area contributed by atoms with Gasteiger partial charge in [0.15, 0.2) is 0 Å². The Hall–Kier alpha value is -1.62. The summed E-state index contributed by atoms with van der Waals surface area (Å²) < 4.78 is 5.89. The average Bonchev–Trinajstić information content (AvgIpc) is 2.33. The molecule has 2 heterocycles. The molecule has 0 aromatic heterocycles. The molecule has 17 heavy (non-hydrogen) atoms. The molecule has 0 radical (unpaired) electrons. The summed E-state index contributed by atoms with van der Waals surface area (Å²) in [7, 11) is 0. The first-order valence-electron chi connectivity index (χ1n) is 5.95. The van der Waals surface area contributed by atoms with Crippen LogP contribution in [0.1, 0.15) is 6.42 Å². The molecular weight excluding hydrogens is 218 g/mol. The second kappa shape index (κ2) is 4.33. The Morgan fingerprint density at radius 1 is 1.35 bits per heavy atom. The zero-order valence-corrected chi connectivity index (χ0v) is 9.58. The van der Waals surface area contributed by atoms with Gasteiger partial charge in [-0.15, -0.1) is 4.91 Å². The van der Waals surface area contributed by atoms with E-state index < -0.39 is 0 Å². The summed E-state index contributed by atoms with van der Waals surface area (Å²) in [6.07, 6.45) is 1.29. The Balaban J connectivity index is 1.77. The third-order valence-corrected chi connectivity index (χ3v) is 3.32. The van der Waals surface area contributed by atoms with E-state index in [4.69, 9.17) is 4.74 Å². The van der Waals surface area contributed by atoms with Crippen molar-refractivity contribution in [3.05, 3.63) is 29.2 Å². The molecule has 3 rings (SSSR count). The van der Waals surface area contributed by atoms with Gasteiger partial charge in [-0.2, -0.15) is 0 Å². The quantitative estimate of drug-likeness (QED) is 0.744. The van der Waals surface area contributed by atoms with Crippen molar-refractivity contribution in [1.29, 1.82) is 0 Å². The van der Waals surface area contributed by atoms with Crippen LogP contribution in [0.15, 0.2) is 29.6 Å². The molecule has 2 aliphatic rings. The molecule has 0 aliphatic carbocycles. The maximum atomic E-state index is 10.8. The number of hydrogen-bond donors (Lipinski definition) is 0. The van der Waals surface area contributed by atoms with E-state index in [-0.39, 0.29) is 6.10 Å². The lowest BCUT2D eigenvalue weighted by Crippen LogP contribution is -2.48. The highest BCUT2D eigenvalue weighted by Gasteiger charge is 2.29. The second-order valence-electron chi connectivity index (χ2n) is 4.53. The van der Waals surface area contributed by atoms with Crippen LogP contribution in [-0.2, 0) is 0 Å². The summed E-state index contributed by atoms with van der Waals surface area (Å²) in [5.41, 5.74) is 0.766. The monoisotopic (exact) mass is 233 g/mol. The average molecular weight is 233 g/mol. The first kappa shape index (κ1) is 10.5. The van der Waals surface area contributed by atoms with Gasteiger partial charge in [0.05, 0.1) is 11.8 Å². The largest absolute Gasteiger partial charge is 0.485 e. The van der Waals surface area contributed by atoms with E-state index in [1.165, 1.54) is 11.4 Å². The molecule has 5 heteroatoms. The van der Waals surface area contributed by atoms with Gasteiger partial charge in [0, 0.05) is 6.54 Å². The lowest BCUT2D eigenvalue weighted by molar-refractivity contribution is 0.0917. The number of rotatable bonds is 3. The van der Waals surface area contributed by atoms with Gasteiger partial charge in [0.25, 0.3) is 0 Å². The number of nitroso groups, excluding NO2 is 1. The number of ether oxygens (including phenoxy) is 1. The number of anilines is 1. The minimum atomic E-state index is 0.0305. The number of hydrogen-bond acceptors (Lipinski definition) is 4. The van der Waals surface area contributed by atoms with Crippen molar-refractivity contribution < 1.29 is 4.74 Å². The summed E-state index contributed by atoms with van der Waals surface area (Å²) in [5, 5.41) is 4.56. The summed E-state index contributed by atoms with van der Waals surface area (Å²) in [6.45, 7) is 3.68. The molecule has 5 nitrogen and oxygen atoms in total. The van der Waals surface area contributed by atoms with Crippen molar-refractivity contribution in [3.8, 4) is 5.75 Å². The van der Waals surface area contributed by atoms with Gasteiger partial charge in [-0.05, 0) is 31.6 Å². The van der Waals surface area contributed by atoms with Crippen molar-refractivity contribution in [2.75, 3.05) is 31.2 Å². The molecule has 0 amide bonds. The molecule has 0 spiro atoms. The fraction of sp³-hybridized carbons (Fsp3) is 0.500. The van der Waals surface area contributed by atoms with Crippen LogP contribution in [0, 0.1) is 4.91 Å². The maximum absolute atomic E-state index is 10.8. The van der Waals surface area contributed by atoms with Crippen LogP contribution in [-0.4, -0.2) is 37.2 Å². The number of likely N-dealkylation sites (tertiary alicyclic amines) is 1. The smallest absolute Gasteiger partial charge is 0.145 e. The predicted octanol–water partition coefficient (Wildman–Crippen LogP) is 1.64. The van der Waals surface area contributed by atoms with E-state index in [0.29, 0.717) is 6.54 Å². The fourth-order valence-electron chi connectivity index (χ4n) is 2.30. The van der Waals surface area contributed by atoms with Crippen molar-refractivity contribution in [2.45, 2.75) is 12.5 Å². The lowest BCUT2D eigenvalue weighted by atomic mass is 10.1. The molecule has 1 aromatic rings. The van der Waals surface area contributed by atoms with E-state index in [9.17, 15) is 4.91 Å². The summed E-state index contributed by atoms with van der Waals surface area (Å²) in [6, 6.07) is 7.54. The first-order chi connectivity index (χ1) is 8.36. The van der Waals surface area contributed by atoms with Gasteiger partial charge < -0.3 is 4.74 Å². The number of fused-ring (bicyclic) bond motifs is 1. The molecule has 1 atom stereocenters. The van der Waals surface area contributed by atoms with Gasteiger partial charge in [0.2, 0.25) is 0 Å². The highest BCUT2D eigenvalue weighted by Crippen LogP contribution is 2.33. The minimum absolute atomic E-state index is 0.0305. The van der Waals surface area contributed by atoms with Crippen LogP contribution in [0.25, 0.3) is 0 Å². The molecule has 0 N–H and O–H groups in total. The van der Waals surface area contributed by atoms with Crippen LogP contribution >= 0.6 is 0 Å². The number of para-hydroxylation sites is 2. The lowest BCUT2D eigenvalue weighted by Gasteiger charge is -2.37. The summed E-state index contributed by atoms with van der Waals surface area (Å²) in [5.74, 6) is 0.754. The minimum Gasteiger partial charge on any atom is -0.485 e. The molecule has 1 aromatic carbocycles. The van der Waals surface area contributed by atoms with E-state index in [1.54, 1.807) is 0 Å². The maximum Gasteiger partial charge on any atom is 0.145 e.